The van der Waals surface area contributed by atoms with Gasteiger partial charge in [-0.15, -0.1) is 11.3 Å². The second-order valence-electron chi connectivity index (χ2n) is 4.97. The minimum absolute atomic E-state index is 0.945. The largest absolute Gasteiger partial charge is 0.352 e. The van der Waals surface area contributed by atoms with Gasteiger partial charge in [0, 0.05) is 42.6 Å². The molecule has 1 aliphatic heterocycles. The van der Waals surface area contributed by atoms with Gasteiger partial charge in [-0.2, -0.15) is 4.37 Å². The zero-order valence-corrected chi connectivity index (χ0v) is 13.2. The van der Waals surface area contributed by atoms with Crippen molar-refractivity contribution in [3.05, 3.63) is 23.6 Å². The van der Waals surface area contributed by atoms with Gasteiger partial charge in [0.25, 0.3) is 0 Å². The maximum atomic E-state index is 4.51. The zero-order chi connectivity index (χ0) is 14.2. The van der Waals surface area contributed by atoms with Gasteiger partial charge in [-0.1, -0.05) is 0 Å². The Morgan fingerprint density at radius 3 is 2.57 bits per heavy atom. The minimum Gasteiger partial charge on any atom is -0.352 e. The average Bonchev–Trinajstić information content (AvgIpc) is 3.15. The lowest BCUT2D eigenvalue weighted by molar-refractivity contribution is 0.647. The summed E-state index contributed by atoms with van der Waals surface area (Å²) in [5.41, 5.74) is 0. The maximum absolute atomic E-state index is 4.51. The third kappa shape index (κ3) is 2.34. The number of piperazine rings is 1. The van der Waals surface area contributed by atoms with Crippen LogP contribution in [0, 0.1) is 6.92 Å². The molecule has 0 atom stereocenters. The molecule has 0 N–H and O–H groups in total. The number of nitrogens with zero attached hydrogens (tertiary/aromatic N) is 6. The van der Waals surface area contributed by atoms with E-state index < -0.39 is 0 Å². The Morgan fingerprint density at radius 1 is 1.00 bits per heavy atom. The molecule has 3 aromatic heterocycles. The summed E-state index contributed by atoms with van der Waals surface area (Å²) in [6.07, 6.45) is 3.29. The van der Waals surface area contributed by atoms with Gasteiger partial charge < -0.3 is 9.80 Å². The fraction of sp³-hybridized carbons (Fsp3) is 0.385. The van der Waals surface area contributed by atoms with Crippen LogP contribution >= 0.6 is 22.9 Å². The topological polar surface area (TPSA) is 58.0 Å². The van der Waals surface area contributed by atoms with Crippen molar-refractivity contribution in [2.24, 2.45) is 0 Å². The number of aromatic nitrogens is 4. The van der Waals surface area contributed by atoms with Crippen LogP contribution in [0.15, 0.2) is 18.7 Å². The zero-order valence-electron chi connectivity index (χ0n) is 11.6. The van der Waals surface area contributed by atoms with Gasteiger partial charge in [-0.05, 0) is 13.0 Å². The summed E-state index contributed by atoms with van der Waals surface area (Å²) >= 11 is 3.18. The molecular weight excluding hydrogens is 304 g/mol. The summed E-state index contributed by atoms with van der Waals surface area (Å²) in [6, 6.07) is 2.19. The summed E-state index contributed by atoms with van der Waals surface area (Å²) in [6.45, 7) is 5.90. The van der Waals surface area contributed by atoms with Crippen molar-refractivity contribution in [2.45, 2.75) is 6.92 Å². The second kappa shape index (κ2) is 5.19. The highest BCUT2D eigenvalue weighted by atomic mass is 32.1. The highest BCUT2D eigenvalue weighted by Crippen LogP contribution is 2.30. The molecular formula is C13H14N6S2. The number of thiophene rings is 1. The van der Waals surface area contributed by atoms with Gasteiger partial charge in [0.2, 0.25) is 5.13 Å². The van der Waals surface area contributed by atoms with Crippen LogP contribution in [0.3, 0.4) is 0 Å². The molecule has 0 aromatic carbocycles. The maximum Gasteiger partial charge on any atom is 0.205 e. The lowest BCUT2D eigenvalue weighted by Gasteiger charge is -2.35. The molecule has 0 amide bonds. The van der Waals surface area contributed by atoms with Crippen LogP contribution < -0.4 is 9.80 Å². The lowest BCUT2D eigenvalue weighted by atomic mass is 10.2. The van der Waals surface area contributed by atoms with E-state index in [-0.39, 0.29) is 0 Å². The molecule has 6 nitrogen and oxygen atoms in total. The SMILES string of the molecule is Cc1cc2c(N3CCN(c4ncns4)CC3)ncnc2s1. The van der Waals surface area contributed by atoms with Crippen LogP contribution in [0.2, 0.25) is 0 Å². The normalized spacial score (nSPS) is 15.9. The van der Waals surface area contributed by atoms with E-state index in [2.05, 4.69) is 42.1 Å². The van der Waals surface area contributed by atoms with Gasteiger partial charge >= 0.3 is 0 Å². The van der Waals surface area contributed by atoms with Gasteiger partial charge in [-0.3, -0.25) is 0 Å². The summed E-state index contributed by atoms with van der Waals surface area (Å²) in [7, 11) is 0. The van der Waals surface area contributed by atoms with E-state index in [1.165, 1.54) is 21.8 Å². The molecule has 0 spiro atoms. The second-order valence-corrected chi connectivity index (χ2v) is 6.96. The van der Waals surface area contributed by atoms with E-state index in [0.29, 0.717) is 0 Å². The van der Waals surface area contributed by atoms with E-state index >= 15 is 0 Å². The molecule has 21 heavy (non-hydrogen) atoms. The summed E-state index contributed by atoms with van der Waals surface area (Å²) in [5, 5.41) is 2.18. The molecule has 0 aliphatic carbocycles. The Hall–Kier alpha value is -1.80. The number of hydrogen-bond acceptors (Lipinski definition) is 8. The third-order valence-electron chi connectivity index (χ3n) is 3.63. The molecule has 0 saturated carbocycles. The van der Waals surface area contributed by atoms with E-state index in [1.54, 1.807) is 24.0 Å². The first-order valence-corrected chi connectivity index (χ1v) is 8.38. The Morgan fingerprint density at radius 2 is 1.81 bits per heavy atom. The monoisotopic (exact) mass is 318 g/mol. The number of hydrogen-bond donors (Lipinski definition) is 0. The predicted molar refractivity (Wildman–Crippen MR) is 86.5 cm³/mol. The van der Waals surface area contributed by atoms with Gasteiger partial charge in [0.15, 0.2) is 0 Å². The molecule has 4 rings (SSSR count). The van der Waals surface area contributed by atoms with Crippen molar-refractivity contribution in [1.82, 2.24) is 19.3 Å². The molecule has 3 aromatic rings. The summed E-state index contributed by atoms with van der Waals surface area (Å²) in [4.78, 5) is 20.1. The third-order valence-corrected chi connectivity index (χ3v) is 5.32. The number of fused-ring (bicyclic) bond motifs is 1. The molecule has 0 unspecified atom stereocenters. The van der Waals surface area contributed by atoms with Crippen molar-refractivity contribution in [2.75, 3.05) is 36.0 Å². The molecule has 4 heterocycles. The van der Waals surface area contributed by atoms with Crippen LogP contribution in [0.25, 0.3) is 10.2 Å². The average molecular weight is 318 g/mol. The van der Waals surface area contributed by atoms with Crippen molar-refractivity contribution in [3.8, 4) is 0 Å². The standard InChI is InChI=1S/C13H14N6S2/c1-9-6-10-11(14-7-15-12(10)20-9)18-2-4-19(5-3-18)13-16-8-17-21-13/h6-8H,2-5H2,1H3. The van der Waals surface area contributed by atoms with Crippen LogP contribution in [0.1, 0.15) is 4.88 Å². The number of anilines is 2. The van der Waals surface area contributed by atoms with Crippen molar-refractivity contribution in [3.63, 3.8) is 0 Å². The van der Waals surface area contributed by atoms with Crippen LogP contribution in [0.5, 0.6) is 0 Å². The Labute approximate surface area is 130 Å². The first kappa shape index (κ1) is 12.9. The smallest absolute Gasteiger partial charge is 0.205 e. The first-order valence-electron chi connectivity index (χ1n) is 6.79. The fourth-order valence-electron chi connectivity index (χ4n) is 2.63. The molecule has 108 valence electrons. The van der Waals surface area contributed by atoms with Crippen LogP contribution in [-0.2, 0) is 0 Å². The summed E-state index contributed by atoms with van der Waals surface area (Å²) in [5.74, 6) is 1.06. The Kier molecular flexibility index (Phi) is 3.19. The van der Waals surface area contributed by atoms with Gasteiger partial charge in [0.1, 0.15) is 23.3 Å². The molecule has 1 aliphatic rings. The first-order chi connectivity index (χ1) is 10.3. The summed E-state index contributed by atoms with van der Waals surface area (Å²) < 4.78 is 4.07. The van der Waals surface area contributed by atoms with E-state index in [0.717, 1.165) is 42.0 Å². The number of aryl methyl sites for hydroxylation is 1. The lowest BCUT2D eigenvalue weighted by Crippen LogP contribution is -2.46. The molecule has 0 bridgehead atoms. The van der Waals surface area contributed by atoms with Gasteiger partial charge in [-0.25, -0.2) is 15.0 Å². The minimum atomic E-state index is 0.945. The molecule has 0 radical (unpaired) electrons. The van der Waals surface area contributed by atoms with Crippen LogP contribution in [0.4, 0.5) is 10.9 Å². The van der Waals surface area contributed by atoms with Gasteiger partial charge in [0.05, 0.1) is 5.39 Å². The molecule has 8 heteroatoms. The fourth-order valence-corrected chi connectivity index (χ4v) is 4.05. The van der Waals surface area contributed by atoms with Crippen molar-refractivity contribution in [1.29, 1.82) is 0 Å². The van der Waals surface area contributed by atoms with Crippen molar-refractivity contribution < 1.29 is 0 Å². The van der Waals surface area contributed by atoms with Crippen LogP contribution in [-0.4, -0.2) is 45.5 Å². The Balaban J connectivity index is 1.57. The van der Waals surface area contributed by atoms with Crippen molar-refractivity contribution >= 4 is 44.0 Å². The molecule has 1 fully saturated rings. The predicted octanol–water partition coefficient (Wildman–Crippen LogP) is 2.18. The highest BCUT2D eigenvalue weighted by molar-refractivity contribution is 7.18. The van der Waals surface area contributed by atoms with E-state index in [4.69, 9.17) is 0 Å². The quantitative estimate of drug-likeness (QED) is 0.722. The number of rotatable bonds is 2. The van der Waals surface area contributed by atoms with E-state index in [9.17, 15) is 0 Å². The molecule has 1 saturated heterocycles. The Bertz CT molecular complexity index is 745. The highest BCUT2D eigenvalue weighted by Gasteiger charge is 2.22. The van der Waals surface area contributed by atoms with E-state index in [1.807, 2.05) is 0 Å².